The van der Waals surface area contributed by atoms with E-state index in [-0.39, 0.29) is 6.42 Å². The van der Waals surface area contributed by atoms with Crippen LogP contribution >= 0.6 is 0 Å². The lowest BCUT2D eigenvalue weighted by molar-refractivity contribution is -0.136. The van der Waals surface area contributed by atoms with Crippen molar-refractivity contribution in [2.24, 2.45) is 0 Å². The van der Waals surface area contributed by atoms with Crippen LogP contribution in [0, 0.1) is 0 Å². The fourth-order valence-electron chi connectivity index (χ4n) is 3.20. The van der Waals surface area contributed by atoms with E-state index in [1.165, 1.54) is 42.1 Å². The molecule has 2 aromatic rings. The predicted molar refractivity (Wildman–Crippen MR) is 75.4 cm³/mol. The number of aryl methyl sites for hydroxylation is 1. The molecule has 1 aliphatic rings. The van der Waals surface area contributed by atoms with Gasteiger partial charge in [0.2, 0.25) is 0 Å². The first-order chi connectivity index (χ1) is 9.25. The summed E-state index contributed by atoms with van der Waals surface area (Å²) in [5.74, 6) is -0.724. The Morgan fingerprint density at radius 1 is 1.26 bits per heavy atom. The topological polar surface area (TPSA) is 42.2 Å². The number of aromatic nitrogens is 1. The first-order valence-corrected chi connectivity index (χ1v) is 7.06. The summed E-state index contributed by atoms with van der Waals surface area (Å²) in [5.41, 5.74) is 2.43. The predicted octanol–water partition coefficient (Wildman–Crippen LogP) is 3.77. The second-order valence-corrected chi connectivity index (χ2v) is 5.41. The van der Waals surface area contributed by atoms with Gasteiger partial charge in [0.05, 0.1) is 0 Å². The zero-order valence-electron chi connectivity index (χ0n) is 11.0. The van der Waals surface area contributed by atoms with Crippen LogP contribution in [0.4, 0.5) is 0 Å². The molecule has 0 bridgehead atoms. The first kappa shape index (κ1) is 12.3. The standard InChI is InChI=1S/C16H19NO2/c18-16(19)10-9-12-11-17(13-5-1-2-6-13)15-8-4-3-7-14(12)15/h3-4,7-8,11,13H,1-2,5-6,9-10H2,(H,18,19). The Morgan fingerprint density at radius 2 is 2.00 bits per heavy atom. The highest BCUT2D eigenvalue weighted by Gasteiger charge is 2.19. The van der Waals surface area contributed by atoms with Gasteiger partial charge in [-0.25, -0.2) is 0 Å². The highest BCUT2D eigenvalue weighted by atomic mass is 16.4. The maximum absolute atomic E-state index is 10.8. The van der Waals surface area contributed by atoms with Crippen LogP contribution < -0.4 is 0 Å². The minimum absolute atomic E-state index is 0.207. The van der Waals surface area contributed by atoms with E-state index in [2.05, 4.69) is 29.0 Å². The molecular formula is C16H19NO2. The summed E-state index contributed by atoms with van der Waals surface area (Å²) < 4.78 is 2.37. The Bertz CT molecular complexity index is 594. The molecule has 1 fully saturated rings. The second-order valence-electron chi connectivity index (χ2n) is 5.41. The molecule has 0 radical (unpaired) electrons. The summed E-state index contributed by atoms with van der Waals surface area (Å²) in [6.07, 6.45) is 8.12. The van der Waals surface area contributed by atoms with E-state index in [0.29, 0.717) is 12.5 Å². The highest BCUT2D eigenvalue weighted by Crippen LogP contribution is 2.34. The van der Waals surface area contributed by atoms with Crippen LogP contribution in [0.2, 0.25) is 0 Å². The number of hydrogen-bond acceptors (Lipinski definition) is 1. The Kier molecular flexibility index (Phi) is 3.28. The van der Waals surface area contributed by atoms with Crippen LogP contribution in [0.25, 0.3) is 10.9 Å². The number of aliphatic carboxylic acids is 1. The van der Waals surface area contributed by atoms with Gasteiger partial charge in [0.15, 0.2) is 0 Å². The van der Waals surface area contributed by atoms with E-state index in [9.17, 15) is 4.79 Å². The molecule has 3 nitrogen and oxygen atoms in total. The normalized spacial score (nSPS) is 16.2. The number of fused-ring (bicyclic) bond motifs is 1. The van der Waals surface area contributed by atoms with Crippen molar-refractivity contribution in [3.63, 3.8) is 0 Å². The lowest BCUT2D eigenvalue weighted by Gasteiger charge is -2.13. The van der Waals surface area contributed by atoms with Gasteiger partial charge in [0.25, 0.3) is 0 Å². The van der Waals surface area contributed by atoms with Crippen LogP contribution in [-0.4, -0.2) is 15.6 Å². The van der Waals surface area contributed by atoms with Crippen LogP contribution in [-0.2, 0) is 11.2 Å². The van der Waals surface area contributed by atoms with Gasteiger partial charge in [0.1, 0.15) is 0 Å². The van der Waals surface area contributed by atoms with E-state index in [4.69, 9.17) is 5.11 Å². The molecule has 0 saturated heterocycles. The molecule has 1 aromatic carbocycles. The monoisotopic (exact) mass is 257 g/mol. The van der Waals surface area contributed by atoms with Gasteiger partial charge in [0, 0.05) is 29.6 Å². The lowest BCUT2D eigenvalue weighted by Crippen LogP contribution is -2.02. The molecule has 1 N–H and O–H groups in total. The third-order valence-corrected chi connectivity index (χ3v) is 4.15. The summed E-state index contributed by atoms with van der Waals surface area (Å²) in [6, 6.07) is 8.96. The van der Waals surface area contributed by atoms with Gasteiger partial charge in [-0.15, -0.1) is 0 Å². The number of carboxylic acid groups (broad SMARTS) is 1. The van der Waals surface area contributed by atoms with Gasteiger partial charge < -0.3 is 9.67 Å². The second kappa shape index (κ2) is 5.08. The molecule has 1 aromatic heterocycles. The smallest absolute Gasteiger partial charge is 0.303 e. The SMILES string of the molecule is O=C(O)CCc1cn(C2CCCC2)c2ccccc12. The molecule has 3 heteroatoms. The molecule has 0 aliphatic heterocycles. The Labute approximate surface area is 112 Å². The number of para-hydroxylation sites is 1. The molecular weight excluding hydrogens is 238 g/mol. The largest absolute Gasteiger partial charge is 0.481 e. The summed E-state index contributed by atoms with van der Waals surface area (Å²) in [6.45, 7) is 0. The van der Waals surface area contributed by atoms with Gasteiger partial charge in [-0.05, 0) is 30.9 Å². The van der Waals surface area contributed by atoms with Gasteiger partial charge in [-0.1, -0.05) is 31.0 Å². The summed E-state index contributed by atoms with van der Waals surface area (Å²) in [4.78, 5) is 10.8. The third-order valence-electron chi connectivity index (χ3n) is 4.15. The molecule has 1 saturated carbocycles. The van der Waals surface area contributed by atoms with Crippen LogP contribution in [0.15, 0.2) is 30.5 Å². The summed E-state index contributed by atoms with van der Waals surface area (Å²) in [7, 11) is 0. The Morgan fingerprint density at radius 3 is 2.74 bits per heavy atom. The van der Waals surface area contributed by atoms with E-state index in [0.717, 1.165) is 0 Å². The molecule has 0 atom stereocenters. The van der Waals surface area contributed by atoms with Crippen molar-refractivity contribution in [2.45, 2.75) is 44.6 Å². The fourth-order valence-corrected chi connectivity index (χ4v) is 3.20. The van der Waals surface area contributed by atoms with Crippen LogP contribution in [0.5, 0.6) is 0 Å². The van der Waals surface area contributed by atoms with Crippen LogP contribution in [0.1, 0.15) is 43.7 Å². The molecule has 100 valence electrons. The molecule has 1 aliphatic carbocycles. The van der Waals surface area contributed by atoms with E-state index < -0.39 is 5.97 Å². The zero-order chi connectivity index (χ0) is 13.2. The van der Waals surface area contributed by atoms with Gasteiger partial charge in [-0.3, -0.25) is 4.79 Å². The summed E-state index contributed by atoms with van der Waals surface area (Å²) in [5, 5.41) is 10.1. The third kappa shape index (κ3) is 2.37. The number of nitrogens with zero attached hydrogens (tertiary/aromatic N) is 1. The molecule has 3 rings (SSSR count). The van der Waals surface area contributed by atoms with Crippen molar-refractivity contribution in [2.75, 3.05) is 0 Å². The first-order valence-electron chi connectivity index (χ1n) is 7.06. The van der Waals surface area contributed by atoms with Crippen molar-refractivity contribution < 1.29 is 9.90 Å². The molecule has 0 spiro atoms. The maximum atomic E-state index is 10.8. The van der Waals surface area contributed by atoms with Gasteiger partial charge >= 0.3 is 5.97 Å². The number of benzene rings is 1. The van der Waals surface area contributed by atoms with E-state index in [1.807, 2.05) is 6.07 Å². The van der Waals surface area contributed by atoms with Crippen molar-refractivity contribution in [1.29, 1.82) is 0 Å². The van der Waals surface area contributed by atoms with Gasteiger partial charge in [-0.2, -0.15) is 0 Å². The number of rotatable bonds is 4. The van der Waals surface area contributed by atoms with Crippen molar-refractivity contribution >= 4 is 16.9 Å². The molecule has 0 unspecified atom stereocenters. The van der Waals surface area contributed by atoms with Crippen molar-refractivity contribution in [3.8, 4) is 0 Å². The average Bonchev–Trinajstić information content (AvgIpc) is 3.03. The van der Waals surface area contributed by atoms with Crippen LogP contribution in [0.3, 0.4) is 0 Å². The Hall–Kier alpha value is -1.77. The number of hydrogen-bond donors (Lipinski definition) is 1. The molecule has 1 heterocycles. The van der Waals surface area contributed by atoms with E-state index in [1.54, 1.807) is 0 Å². The fraction of sp³-hybridized carbons (Fsp3) is 0.438. The number of carbonyl (C=O) groups is 1. The molecule has 0 amide bonds. The Balaban J connectivity index is 2.00. The average molecular weight is 257 g/mol. The summed E-state index contributed by atoms with van der Waals surface area (Å²) >= 11 is 0. The van der Waals surface area contributed by atoms with Crippen molar-refractivity contribution in [1.82, 2.24) is 4.57 Å². The lowest BCUT2D eigenvalue weighted by atomic mass is 10.1. The van der Waals surface area contributed by atoms with E-state index >= 15 is 0 Å². The zero-order valence-corrected chi connectivity index (χ0v) is 11.0. The van der Waals surface area contributed by atoms with Crippen molar-refractivity contribution in [3.05, 3.63) is 36.0 Å². The number of carboxylic acids is 1. The minimum Gasteiger partial charge on any atom is -0.481 e. The molecule has 19 heavy (non-hydrogen) atoms. The highest BCUT2D eigenvalue weighted by molar-refractivity contribution is 5.84. The maximum Gasteiger partial charge on any atom is 0.303 e. The quantitative estimate of drug-likeness (QED) is 0.905. The minimum atomic E-state index is -0.724.